The van der Waals surface area contributed by atoms with E-state index in [-0.39, 0.29) is 19.1 Å². The minimum atomic E-state index is -0.970. The molecule has 128 valence electrons. The van der Waals surface area contributed by atoms with E-state index in [1.54, 1.807) is 23.1 Å². The van der Waals surface area contributed by atoms with Crippen LogP contribution in [0.1, 0.15) is 20.8 Å². The molecule has 8 heteroatoms. The van der Waals surface area contributed by atoms with Crippen LogP contribution in [0.5, 0.6) is 5.75 Å². The topological polar surface area (TPSA) is 102 Å². The molecule has 3 rings (SSSR count). The molecule has 0 saturated carbocycles. The highest BCUT2D eigenvalue weighted by atomic mass is 16.6. The summed E-state index contributed by atoms with van der Waals surface area (Å²) in [5, 5.41) is 0. The van der Waals surface area contributed by atoms with Crippen LogP contribution in [0.25, 0.3) is 0 Å². The fourth-order valence-electron chi connectivity index (χ4n) is 2.87. The number of fused-ring (bicyclic) bond motifs is 1. The molecule has 0 spiro atoms. The van der Waals surface area contributed by atoms with Gasteiger partial charge in [0.15, 0.2) is 12.7 Å². The minimum absolute atomic E-state index is 0.0505. The number of amides is 3. The van der Waals surface area contributed by atoms with Crippen molar-refractivity contribution in [2.45, 2.75) is 32.4 Å². The van der Waals surface area contributed by atoms with Crippen LogP contribution in [0.3, 0.4) is 0 Å². The quantitative estimate of drug-likeness (QED) is 0.870. The Balaban J connectivity index is 1.94. The molecular formula is C16H19N3O5. The predicted octanol–water partition coefficient (Wildman–Crippen LogP) is 1.02. The van der Waals surface area contributed by atoms with Gasteiger partial charge in [0.1, 0.15) is 5.75 Å². The van der Waals surface area contributed by atoms with Gasteiger partial charge in [-0.25, -0.2) is 4.79 Å². The van der Waals surface area contributed by atoms with Gasteiger partial charge in [-0.3, -0.25) is 14.5 Å². The van der Waals surface area contributed by atoms with Crippen molar-refractivity contribution in [1.82, 2.24) is 0 Å². The Kier molecular flexibility index (Phi) is 3.62. The maximum atomic E-state index is 12.2. The first kappa shape index (κ1) is 16.1. The Morgan fingerprint density at radius 1 is 1.29 bits per heavy atom. The summed E-state index contributed by atoms with van der Waals surface area (Å²) in [6, 6.07) is 5.06. The second kappa shape index (κ2) is 5.40. The third-order valence-corrected chi connectivity index (χ3v) is 3.90. The molecule has 1 fully saturated rings. The summed E-state index contributed by atoms with van der Waals surface area (Å²) in [4.78, 5) is 38.3. The van der Waals surface area contributed by atoms with Crippen molar-refractivity contribution in [3.8, 4) is 5.75 Å². The van der Waals surface area contributed by atoms with Crippen molar-refractivity contribution in [2.24, 2.45) is 5.73 Å². The Labute approximate surface area is 139 Å². The van der Waals surface area contributed by atoms with Crippen molar-refractivity contribution < 1.29 is 23.9 Å². The highest BCUT2D eigenvalue weighted by molar-refractivity contribution is 6.00. The Morgan fingerprint density at radius 2 is 2.00 bits per heavy atom. The number of anilines is 2. The number of benzene rings is 1. The molecule has 2 aliphatic heterocycles. The zero-order chi connectivity index (χ0) is 17.6. The molecule has 0 radical (unpaired) electrons. The molecule has 8 nitrogen and oxygen atoms in total. The van der Waals surface area contributed by atoms with Gasteiger partial charge in [-0.2, -0.15) is 0 Å². The first-order valence-corrected chi connectivity index (χ1v) is 7.56. The molecule has 1 aromatic rings. The molecule has 3 amide bonds. The van der Waals surface area contributed by atoms with E-state index in [0.29, 0.717) is 17.1 Å². The molecule has 2 aliphatic rings. The third-order valence-electron chi connectivity index (χ3n) is 3.90. The van der Waals surface area contributed by atoms with E-state index in [4.69, 9.17) is 15.2 Å². The largest absolute Gasteiger partial charge is 0.481 e. The molecule has 0 aromatic heterocycles. The van der Waals surface area contributed by atoms with Crippen LogP contribution in [-0.4, -0.2) is 42.7 Å². The predicted molar refractivity (Wildman–Crippen MR) is 86.0 cm³/mol. The smallest absolute Gasteiger partial charge is 0.415 e. The zero-order valence-electron chi connectivity index (χ0n) is 13.7. The number of carbonyl (C=O) groups excluding carboxylic acids is 3. The SMILES string of the molecule is CC(C)(C)N1C(=O)COc2cc(N3C[C@H](C(N)=O)OC3=O)ccc21. The van der Waals surface area contributed by atoms with Crippen molar-refractivity contribution in [3.63, 3.8) is 0 Å². The summed E-state index contributed by atoms with van der Waals surface area (Å²) in [6.45, 7) is 5.78. The highest BCUT2D eigenvalue weighted by Gasteiger charge is 2.38. The van der Waals surface area contributed by atoms with E-state index in [2.05, 4.69) is 0 Å². The Hall–Kier alpha value is -2.77. The lowest BCUT2D eigenvalue weighted by molar-refractivity contribution is -0.124. The van der Waals surface area contributed by atoms with Crippen LogP contribution in [0.15, 0.2) is 18.2 Å². The highest BCUT2D eigenvalue weighted by Crippen LogP contribution is 2.39. The molecule has 0 unspecified atom stereocenters. The summed E-state index contributed by atoms with van der Waals surface area (Å²) < 4.78 is 10.4. The summed E-state index contributed by atoms with van der Waals surface area (Å²) in [5.74, 6) is -0.320. The van der Waals surface area contributed by atoms with Crippen LogP contribution >= 0.6 is 0 Å². The Morgan fingerprint density at radius 3 is 2.58 bits per heavy atom. The van der Waals surface area contributed by atoms with Gasteiger partial charge in [-0.15, -0.1) is 0 Å². The maximum absolute atomic E-state index is 12.2. The third kappa shape index (κ3) is 2.64. The van der Waals surface area contributed by atoms with Crippen molar-refractivity contribution in [2.75, 3.05) is 23.0 Å². The van der Waals surface area contributed by atoms with Crippen LogP contribution in [-0.2, 0) is 14.3 Å². The molecule has 1 atom stereocenters. The number of hydrogen-bond acceptors (Lipinski definition) is 5. The average Bonchev–Trinajstić information content (AvgIpc) is 2.87. The summed E-state index contributed by atoms with van der Waals surface area (Å²) in [7, 11) is 0. The molecular weight excluding hydrogens is 314 g/mol. The van der Waals surface area contributed by atoms with Gasteiger partial charge in [0.25, 0.3) is 11.8 Å². The van der Waals surface area contributed by atoms with E-state index in [1.165, 1.54) is 4.90 Å². The molecule has 2 heterocycles. The van der Waals surface area contributed by atoms with Gasteiger partial charge >= 0.3 is 6.09 Å². The van der Waals surface area contributed by atoms with E-state index < -0.39 is 23.6 Å². The van der Waals surface area contributed by atoms with Gasteiger partial charge < -0.3 is 20.1 Å². The average molecular weight is 333 g/mol. The lowest BCUT2D eigenvalue weighted by atomic mass is 10.0. The van der Waals surface area contributed by atoms with Crippen LogP contribution < -0.4 is 20.3 Å². The number of nitrogens with zero attached hydrogens (tertiary/aromatic N) is 2. The standard InChI is InChI=1S/C16H19N3O5/c1-16(2,3)19-10-5-4-9(6-11(10)23-8-13(19)20)18-7-12(14(17)21)24-15(18)22/h4-6,12H,7-8H2,1-3H3,(H2,17,21)/t12-/m1/s1. The van der Waals surface area contributed by atoms with Gasteiger partial charge in [0, 0.05) is 11.6 Å². The minimum Gasteiger partial charge on any atom is -0.481 e. The first-order valence-electron chi connectivity index (χ1n) is 7.56. The summed E-state index contributed by atoms with van der Waals surface area (Å²) in [5.41, 5.74) is 5.94. The monoisotopic (exact) mass is 333 g/mol. The van der Waals surface area contributed by atoms with Gasteiger partial charge in [-0.1, -0.05) is 0 Å². The lowest BCUT2D eigenvalue weighted by Crippen LogP contribution is -2.50. The summed E-state index contributed by atoms with van der Waals surface area (Å²) in [6.07, 6.45) is -1.61. The lowest BCUT2D eigenvalue weighted by Gasteiger charge is -2.39. The van der Waals surface area contributed by atoms with Gasteiger partial charge in [0.2, 0.25) is 0 Å². The fraction of sp³-hybridized carbons (Fsp3) is 0.438. The van der Waals surface area contributed by atoms with E-state index in [1.807, 2.05) is 20.8 Å². The van der Waals surface area contributed by atoms with Crippen molar-refractivity contribution >= 4 is 29.3 Å². The molecule has 1 saturated heterocycles. The number of nitrogens with two attached hydrogens (primary N) is 1. The number of hydrogen-bond donors (Lipinski definition) is 1. The van der Waals surface area contributed by atoms with Crippen molar-refractivity contribution in [3.05, 3.63) is 18.2 Å². The Bertz CT molecular complexity index is 725. The van der Waals surface area contributed by atoms with Crippen LogP contribution in [0.4, 0.5) is 16.2 Å². The molecule has 2 N–H and O–H groups in total. The molecule has 0 bridgehead atoms. The molecule has 0 aliphatic carbocycles. The summed E-state index contributed by atoms with van der Waals surface area (Å²) >= 11 is 0. The van der Waals surface area contributed by atoms with Crippen molar-refractivity contribution in [1.29, 1.82) is 0 Å². The normalized spacial score (nSPS) is 20.5. The van der Waals surface area contributed by atoms with Crippen LogP contribution in [0.2, 0.25) is 0 Å². The van der Waals surface area contributed by atoms with Gasteiger partial charge in [-0.05, 0) is 32.9 Å². The van der Waals surface area contributed by atoms with Crippen LogP contribution in [0, 0.1) is 0 Å². The second-order valence-corrected chi connectivity index (χ2v) is 6.73. The van der Waals surface area contributed by atoms with E-state index in [9.17, 15) is 14.4 Å². The number of primary amides is 1. The first-order chi connectivity index (χ1) is 11.2. The number of carbonyl (C=O) groups is 3. The maximum Gasteiger partial charge on any atom is 0.415 e. The fourth-order valence-corrected chi connectivity index (χ4v) is 2.87. The number of ether oxygens (including phenoxy) is 2. The molecule has 24 heavy (non-hydrogen) atoms. The number of cyclic esters (lactones) is 1. The number of rotatable bonds is 2. The zero-order valence-corrected chi connectivity index (χ0v) is 13.7. The molecule has 1 aromatic carbocycles. The van der Waals surface area contributed by atoms with E-state index in [0.717, 1.165) is 0 Å². The van der Waals surface area contributed by atoms with E-state index >= 15 is 0 Å². The second-order valence-electron chi connectivity index (χ2n) is 6.73. The van der Waals surface area contributed by atoms with Gasteiger partial charge in [0.05, 0.1) is 17.9 Å².